The average molecular weight is 255 g/mol. The van der Waals surface area contributed by atoms with Crippen LogP contribution in [0.3, 0.4) is 0 Å². The van der Waals surface area contributed by atoms with Gasteiger partial charge in [-0.2, -0.15) is 0 Å². The van der Waals surface area contributed by atoms with Crippen LogP contribution in [0, 0.1) is 0 Å². The summed E-state index contributed by atoms with van der Waals surface area (Å²) in [7, 11) is 0. The summed E-state index contributed by atoms with van der Waals surface area (Å²) in [5.74, 6) is 0. The molecule has 1 rings (SSSR count). The molecule has 1 aromatic heterocycles. The van der Waals surface area contributed by atoms with Gasteiger partial charge in [-0.05, 0) is 30.9 Å². The van der Waals surface area contributed by atoms with E-state index in [4.69, 9.17) is 4.74 Å². The second kappa shape index (κ2) is 8.12. The van der Waals surface area contributed by atoms with Crippen LogP contribution in [0.2, 0.25) is 0 Å². The highest BCUT2D eigenvalue weighted by Gasteiger charge is 2.16. The third-order valence-electron chi connectivity index (χ3n) is 2.50. The highest BCUT2D eigenvalue weighted by molar-refractivity contribution is 7.14. The third kappa shape index (κ3) is 4.77. The number of anilines is 1. The topological polar surface area (TPSA) is 29.5 Å². The van der Waals surface area contributed by atoms with Crippen LogP contribution in [0.15, 0.2) is 17.5 Å². The van der Waals surface area contributed by atoms with Crippen LogP contribution in [0.4, 0.5) is 9.80 Å². The van der Waals surface area contributed by atoms with E-state index < -0.39 is 0 Å². The maximum Gasteiger partial charge on any atom is 0.414 e. The van der Waals surface area contributed by atoms with E-state index >= 15 is 0 Å². The number of hydrogen-bond donors (Lipinski definition) is 0. The number of nitrogens with zero attached hydrogens (tertiary/aromatic N) is 1. The van der Waals surface area contributed by atoms with Crippen molar-refractivity contribution in [2.24, 2.45) is 0 Å². The molecular weight excluding hydrogens is 234 g/mol. The Morgan fingerprint density at radius 3 is 2.76 bits per heavy atom. The van der Waals surface area contributed by atoms with Gasteiger partial charge in [-0.25, -0.2) is 4.79 Å². The van der Waals surface area contributed by atoms with Crippen molar-refractivity contribution in [3.8, 4) is 0 Å². The Kier molecular flexibility index (Phi) is 6.70. The molecule has 0 atom stereocenters. The van der Waals surface area contributed by atoms with Crippen molar-refractivity contribution in [1.82, 2.24) is 0 Å². The lowest BCUT2D eigenvalue weighted by molar-refractivity contribution is 0.159. The first-order valence-corrected chi connectivity index (χ1v) is 7.15. The van der Waals surface area contributed by atoms with Gasteiger partial charge in [0.05, 0.1) is 6.61 Å². The number of carbonyl (C=O) groups is 1. The quantitative estimate of drug-likeness (QED) is 0.680. The third-order valence-corrected chi connectivity index (χ3v) is 3.39. The fourth-order valence-corrected chi connectivity index (χ4v) is 2.36. The monoisotopic (exact) mass is 255 g/mol. The molecule has 0 fully saturated rings. The molecule has 17 heavy (non-hydrogen) atoms. The van der Waals surface area contributed by atoms with Crippen LogP contribution >= 0.6 is 11.3 Å². The van der Waals surface area contributed by atoms with Gasteiger partial charge in [0.1, 0.15) is 5.00 Å². The van der Waals surface area contributed by atoms with Crippen molar-refractivity contribution in [2.75, 3.05) is 18.1 Å². The van der Waals surface area contributed by atoms with E-state index in [-0.39, 0.29) is 6.09 Å². The van der Waals surface area contributed by atoms with Crippen molar-refractivity contribution < 1.29 is 9.53 Å². The van der Waals surface area contributed by atoms with Crippen molar-refractivity contribution in [3.63, 3.8) is 0 Å². The largest absolute Gasteiger partial charge is 0.449 e. The van der Waals surface area contributed by atoms with E-state index in [9.17, 15) is 4.79 Å². The lowest BCUT2D eigenvalue weighted by Gasteiger charge is -2.19. The number of unbranched alkanes of at least 4 members (excludes halogenated alkanes) is 3. The summed E-state index contributed by atoms with van der Waals surface area (Å²) in [6.07, 6.45) is 4.40. The van der Waals surface area contributed by atoms with Gasteiger partial charge in [-0.3, -0.25) is 4.90 Å². The number of rotatable bonds is 7. The number of ether oxygens (including phenoxy) is 1. The minimum Gasteiger partial charge on any atom is -0.449 e. The molecule has 0 spiro atoms. The summed E-state index contributed by atoms with van der Waals surface area (Å²) in [4.78, 5) is 13.6. The van der Waals surface area contributed by atoms with Crippen LogP contribution in [-0.2, 0) is 4.74 Å². The lowest BCUT2D eigenvalue weighted by Crippen LogP contribution is -2.31. The van der Waals surface area contributed by atoms with E-state index in [1.165, 1.54) is 12.8 Å². The van der Waals surface area contributed by atoms with Crippen molar-refractivity contribution >= 4 is 22.4 Å². The summed E-state index contributed by atoms with van der Waals surface area (Å²) in [5.41, 5.74) is 0. The molecule has 0 aliphatic carbocycles. The Hall–Kier alpha value is -1.03. The Labute approximate surface area is 107 Å². The molecule has 0 aliphatic heterocycles. The lowest BCUT2D eigenvalue weighted by atomic mass is 10.2. The summed E-state index contributed by atoms with van der Waals surface area (Å²) in [6.45, 7) is 5.19. The second-order valence-electron chi connectivity index (χ2n) is 3.86. The van der Waals surface area contributed by atoms with Gasteiger partial charge in [0.2, 0.25) is 0 Å². The normalized spacial score (nSPS) is 10.2. The molecule has 3 nitrogen and oxygen atoms in total. The average Bonchev–Trinajstić information content (AvgIpc) is 2.83. The molecule has 0 saturated heterocycles. The van der Waals surface area contributed by atoms with Gasteiger partial charge in [0.15, 0.2) is 0 Å². The van der Waals surface area contributed by atoms with Gasteiger partial charge in [-0.15, -0.1) is 11.3 Å². The first-order chi connectivity index (χ1) is 8.29. The summed E-state index contributed by atoms with van der Waals surface area (Å²) in [5, 5.41) is 2.95. The van der Waals surface area contributed by atoms with E-state index in [1.54, 1.807) is 16.2 Å². The van der Waals surface area contributed by atoms with Crippen molar-refractivity contribution in [2.45, 2.75) is 39.5 Å². The van der Waals surface area contributed by atoms with Crippen LogP contribution in [0.5, 0.6) is 0 Å². The molecule has 1 aromatic rings. The van der Waals surface area contributed by atoms with Gasteiger partial charge in [-0.1, -0.05) is 26.2 Å². The zero-order valence-corrected chi connectivity index (χ0v) is 11.5. The predicted molar refractivity (Wildman–Crippen MR) is 72.8 cm³/mol. The number of hydrogen-bond acceptors (Lipinski definition) is 3. The molecule has 0 unspecified atom stereocenters. The molecule has 0 N–H and O–H groups in total. The van der Waals surface area contributed by atoms with E-state index in [2.05, 4.69) is 6.92 Å². The minimum atomic E-state index is -0.230. The molecule has 1 amide bonds. The Morgan fingerprint density at radius 1 is 1.35 bits per heavy atom. The van der Waals surface area contributed by atoms with Gasteiger partial charge in [0, 0.05) is 6.54 Å². The van der Waals surface area contributed by atoms with Crippen LogP contribution < -0.4 is 4.90 Å². The summed E-state index contributed by atoms with van der Waals surface area (Å²) >= 11 is 1.57. The Morgan fingerprint density at radius 2 is 2.18 bits per heavy atom. The Bertz CT molecular complexity index is 311. The first kappa shape index (κ1) is 14.0. The summed E-state index contributed by atoms with van der Waals surface area (Å²) in [6, 6.07) is 3.92. The molecule has 0 aliphatic rings. The van der Waals surface area contributed by atoms with Crippen LogP contribution in [-0.4, -0.2) is 19.2 Å². The highest BCUT2D eigenvalue weighted by Crippen LogP contribution is 2.22. The molecule has 4 heteroatoms. The molecule has 0 saturated carbocycles. The fourth-order valence-electron chi connectivity index (χ4n) is 1.61. The first-order valence-electron chi connectivity index (χ1n) is 6.27. The van der Waals surface area contributed by atoms with Gasteiger partial charge in [0.25, 0.3) is 0 Å². The maximum atomic E-state index is 11.8. The van der Waals surface area contributed by atoms with E-state index in [1.807, 2.05) is 24.4 Å². The van der Waals surface area contributed by atoms with Crippen LogP contribution in [0.25, 0.3) is 0 Å². The maximum absolute atomic E-state index is 11.8. The van der Waals surface area contributed by atoms with Crippen LogP contribution in [0.1, 0.15) is 39.5 Å². The number of amides is 1. The van der Waals surface area contributed by atoms with Crippen molar-refractivity contribution in [3.05, 3.63) is 17.5 Å². The van der Waals surface area contributed by atoms with E-state index in [0.29, 0.717) is 6.61 Å². The van der Waals surface area contributed by atoms with Gasteiger partial charge >= 0.3 is 6.09 Å². The predicted octanol–water partition coefficient (Wildman–Crippen LogP) is 4.29. The molecule has 0 bridgehead atoms. The standard InChI is InChI=1S/C13H21NO2S/c1-3-5-6-7-10-14(13(15)16-4-2)12-9-8-11-17-12/h8-9,11H,3-7,10H2,1-2H3. The molecule has 96 valence electrons. The number of thiophene rings is 1. The smallest absolute Gasteiger partial charge is 0.414 e. The Balaban J connectivity index is 2.51. The van der Waals surface area contributed by atoms with E-state index in [0.717, 1.165) is 24.4 Å². The highest BCUT2D eigenvalue weighted by atomic mass is 32.1. The molecular formula is C13H21NO2S. The van der Waals surface area contributed by atoms with Gasteiger partial charge < -0.3 is 4.74 Å². The van der Waals surface area contributed by atoms with Crippen molar-refractivity contribution in [1.29, 1.82) is 0 Å². The summed E-state index contributed by atoms with van der Waals surface area (Å²) < 4.78 is 5.08. The molecule has 1 heterocycles. The second-order valence-corrected chi connectivity index (χ2v) is 4.79. The molecule has 0 radical (unpaired) electrons. The SMILES string of the molecule is CCCCCCN(C(=O)OCC)c1cccs1. The zero-order chi connectivity index (χ0) is 12.5. The zero-order valence-electron chi connectivity index (χ0n) is 10.6. The number of carbonyl (C=O) groups excluding carboxylic acids is 1. The fraction of sp³-hybridized carbons (Fsp3) is 0.615. The minimum absolute atomic E-state index is 0.230. The molecule has 0 aromatic carbocycles.